The number of hydrogen-bond donors (Lipinski definition) is 0. The van der Waals surface area contributed by atoms with Crippen LogP contribution < -0.4 is 4.74 Å². The Bertz CT molecular complexity index is 1100. The number of aryl methyl sites for hydroxylation is 3. The lowest BCUT2D eigenvalue weighted by atomic mass is 9.98. The van der Waals surface area contributed by atoms with Crippen LogP contribution in [-0.2, 0) is 28.8 Å². The molecule has 1 unspecified atom stereocenters. The average molecular weight is 543 g/mol. The molecule has 0 saturated heterocycles. The Hall–Kier alpha value is -3.07. The SMILES string of the molecule is CCCCCCCCCc1ccc(CCc2ccc(-c3ccccc3)cc2)c(OCC(C)OC(=O)CCCC)c1. The number of carbonyl (C=O) groups is 1. The van der Waals surface area contributed by atoms with Gasteiger partial charge >= 0.3 is 5.97 Å². The molecule has 0 N–H and O–H groups in total. The van der Waals surface area contributed by atoms with Gasteiger partial charge in [0.2, 0.25) is 0 Å². The van der Waals surface area contributed by atoms with E-state index in [1.54, 1.807) is 0 Å². The van der Waals surface area contributed by atoms with Crippen molar-refractivity contribution >= 4 is 5.97 Å². The summed E-state index contributed by atoms with van der Waals surface area (Å²) in [6.07, 6.45) is 14.2. The molecule has 0 fully saturated rings. The first kappa shape index (κ1) is 31.5. The highest BCUT2D eigenvalue weighted by molar-refractivity contribution is 5.69. The summed E-state index contributed by atoms with van der Waals surface area (Å²) in [5.74, 6) is 0.794. The predicted octanol–water partition coefficient (Wildman–Crippen LogP) is 9.93. The van der Waals surface area contributed by atoms with E-state index in [0.717, 1.165) is 37.9 Å². The third kappa shape index (κ3) is 11.6. The number of benzene rings is 3. The van der Waals surface area contributed by atoms with Gasteiger partial charge in [-0.25, -0.2) is 0 Å². The van der Waals surface area contributed by atoms with Crippen LogP contribution in [0.4, 0.5) is 0 Å². The van der Waals surface area contributed by atoms with Crippen molar-refractivity contribution in [2.45, 2.75) is 110 Å². The van der Waals surface area contributed by atoms with E-state index in [0.29, 0.717) is 13.0 Å². The van der Waals surface area contributed by atoms with Crippen LogP contribution in [-0.4, -0.2) is 18.7 Å². The molecule has 0 aromatic heterocycles. The smallest absolute Gasteiger partial charge is 0.306 e. The number of carbonyl (C=O) groups excluding carboxylic acids is 1. The summed E-state index contributed by atoms with van der Waals surface area (Å²) in [6.45, 7) is 6.64. The van der Waals surface area contributed by atoms with E-state index in [2.05, 4.69) is 86.6 Å². The Balaban J connectivity index is 1.60. The molecule has 3 rings (SSSR count). The maximum absolute atomic E-state index is 12.1. The molecule has 3 aromatic rings. The molecule has 3 heteroatoms. The number of ether oxygens (including phenoxy) is 2. The topological polar surface area (TPSA) is 35.5 Å². The van der Waals surface area contributed by atoms with Crippen molar-refractivity contribution in [3.05, 3.63) is 89.5 Å². The van der Waals surface area contributed by atoms with Gasteiger partial charge in [0.05, 0.1) is 0 Å². The van der Waals surface area contributed by atoms with Gasteiger partial charge in [-0.05, 0) is 72.9 Å². The van der Waals surface area contributed by atoms with Crippen LogP contribution in [0.1, 0.15) is 102 Å². The van der Waals surface area contributed by atoms with Crippen LogP contribution in [0, 0.1) is 0 Å². The highest BCUT2D eigenvalue weighted by Gasteiger charge is 2.13. The fourth-order valence-electron chi connectivity index (χ4n) is 5.00. The molecule has 0 aliphatic heterocycles. The van der Waals surface area contributed by atoms with Crippen LogP contribution in [0.5, 0.6) is 5.75 Å². The second-order valence-electron chi connectivity index (χ2n) is 11.1. The van der Waals surface area contributed by atoms with Crippen molar-refractivity contribution in [3.8, 4) is 16.9 Å². The molecular weight excluding hydrogens is 492 g/mol. The molecule has 0 radical (unpaired) electrons. The minimum Gasteiger partial charge on any atom is -0.489 e. The zero-order chi connectivity index (χ0) is 28.4. The molecule has 0 heterocycles. The van der Waals surface area contributed by atoms with Crippen molar-refractivity contribution in [2.75, 3.05) is 6.61 Å². The van der Waals surface area contributed by atoms with Gasteiger partial charge < -0.3 is 9.47 Å². The first-order valence-electron chi connectivity index (χ1n) is 15.7. The third-order valence-electron chi connectivity index (χ3n) is 7.49. The molecule has 0 aliphatic rings. The third-order valence-corrected chi connectivity index (χ3v) is 7.49. The van der Waals surface area contributed by atoms with Crippen molar-refractivity contribution < 1.29 is 14.3 Å². The van der Waals surface area contributed by atoms with E-state index in [9.17, 15) is 4.79 Å². The lowest BCUT2D eigenvalue weighted by Crippen LogP contribution is -2.22. The van der Waals surface area contributed by atoms with Gasteiger partial charge in [0.25, 0.3) is 0 Å². The fraction of sp³-hybridized carbons (Fsp3) is 0.486. The lowest BCUT2D eigenvalue weighted by molar-refractivity contribution is -0.149. The molecule has 216 valence electrons. The summed E-state index contributed by atoms with van der Waals surface area (Å²) in [7, 11) is 0. The van der Waals surface area contributed by atoms with Crippen LogP contribution in [0.25, 0.3) is 11.1 Å². The van der Waals surface area contributed by atoms with Crippen LogP contribution in [0.2, 0.25) is 0 Å². The summed E-state index contributed by atoms with van der Waals surface area (Å²) in [6, 6.07) is 26.1. The van der Waals surface area contributed by atoms with Gasteiger partial charge in [-0.1, -0.05) is 126 Å². The quantitative estimate of drug-likeness (QED) is 0.112. The minimum absolute atomic E-state index is 0.134. The Morgan fingerprint density at radius 2 is 1.32 bits per heavy atom. The largest absolute Gasteiger partial charge is 0.489 e. The highest BCUT2D eigenvalue weighted by atomic mass is 16.6. The van der Waals surface area contributed by atoms with E-state index in [1.165, 1.54) is 72.8 Å². The second-order valence-corrected chi connectivity index (χ2v) is 11.1. The molecule has 0 aliphatic carbocycles. The number of hydrogen-bond acceptors (Lipinski definition) is 3. The van der Waals surface area contributed by atoms with Crippen molar-refractivity contribution in [2.24, 2.45) is 0 Å². The zero-order valence-electron chi connectivity index (χ0n) is 25.1. The number of unbranched alkanes of at least 4 members (excludes halogenated alkanes) is 7. The molecule has 0 bridgehead atoms. The van der Waals surface area contributed by atoms with E-state index in [1.807, 2.05) is 6.92 Å². The Kier molecular flexibility index (Phi) is 14.4. The summed E-state index contributed by atoms with van der Waals surface area (Å²) in [4.78, 5) is 12.1. The number of esters is 1. The monoisotopic (exact) mass is 542 g/mol. The highest BCUT2D eigenvalue weighted by Crippen LogP contribution is 2.25. The number of rotatable bonds is 19. The van der Waals surface area contributed by atoms with Crippen molar-refractivity contribution in [1.29, 1.82) is 0 Å². The van der Waals surface area contributed by atoms with Gasteiger partial charge in [0, 0.05) is 6.42 Å². The predicted molar refractivity (Wildman–Crippen MR) is 168 cm³/mol. The van der Waals surface area contributed by atoms with E-state index < -0.39 is 0 Å². The first-order chi connectivity index (χ1) is 19.6. The van der Waals surface area contributed by atoms with Gasteiger partial charge in [-0.3, -0.25) is 4.79 Å². The van der Waals surface area contributed by atoms with E-state index >= 15 is 0 Å². The average Bonchev–Trinajstić information content (AvgIpc) is 2.98. The maximum atomic E-state index is 12.1. The molecule has 40 heavy (non-hydrogen) atoms. The summed E-state index contributed by atoms with van der Waals surface area (Å²) < 4.78 is 11.9. The van der Waals surface area contributed by atoms with E-state index in [4.69, 9.17) is 9.47 Å². The van der Waals surface area contributed by atoms with E-state index in [-0.39, 0.29) is 12.1 Å². The van der Waals surface area contributed by atoms with Gasteiger partial charge in [0.1, 0.15) is 18.5 Å². The molecule has 3 aromatic carbocycles. The normalized spacial score (nSPS) is 11.8. The van der Waals surface area contributed by atoms with Gasteiger partial charge in [0.15, 0.2) is 0 Å². The van der Waals surface area contributed by atoms with Crippen LogP contribution in [0.3, 0.4) is 0 Å². The molecule has 1 atom stereocenters. The minimum atomic E-state index is -0.269. The summed E-state index contributed by atoms with van der Waals surface area (Å²) in [5.41, 5.74) is 6.33. The molecule has 3 nitrogen and oxygen atoms in total. The van der Waals surface area contributed by atoms with Gasteiger partial charge in [-0.15, -0.1) is 0 Å². The summed E-state index contributed by atoms with van der Waals surface area (Å²) >= 11 is 0. The first-order valence-corrected chi connectivity index (χ1v) is 15.7. The molecule has 0 amide bonds. The van der Waals surface area contributed by atoms with Crippen molar-refractivity contribution in [3.63, 3.8) is 0 Å². The van der Waals surface area contributed by atoms with Crippen LogP contribution in [0.15, 0.2) is 72.8 Å². The molecule has 0 saturated carbocycles. The Labute approximate surface area is 243 Å². The maximum Gasteiger partial charge on any atom is 0.306 e. The molecular formula is C37H50O3. The zero-order valence-corrected chi connectivity index (χ0v) is 25.1. The Morgan fingerprint density at radius 1 is 0.675 bits per heavy atom. The van der Waals surface area contributed by atoms with Crippen molar-refractivity contribution in [1.82, 2.24) is 0 Å². The Morgan fingerprint density at radius 3 is 2.05 bits per heavy atom. The standard InChI is InChI=1S/C37H50O3/c1-4-6-8-9-10-11-13-16-32-23-27-35(36(28-32)39-29-30(3)40-37(38)19-7-5-2)26-22-31-20-24-34(25-21-31)33-17-14-12-15-18-33/h12,14-15,17-18,20-21,23-25,27-28,30H,4-11,13,16,19,22,26,29H2,1-3H3. The fourth-order valence-corrected chi connectivity index (χ4v) is 5.00. The van der Waals surface area contributed by atoms with Crippen LogP contribution >= 0.6 is 0 Å². The lowest BCUT2D eigenvalue weighted by Gasteiger charge is -2.18. The summed E-state index contributed by atoms with van der Waals surface area (Å²) in [5, 5.41) is 0. The second kappa shape index (κ2) is 18.3. The molecule has 0 spiro atoms. The van der Waals surface area contributed by atoms with Gasteiger partial charge in [-0.2, -0.15) is 0 Å².